The van der Waals surface area contributed by atoms with Gasteiger partial charge >= 0.3 is 5.97 Å². The maximum atomic E-state index is 11.2. The molecule has 2 aliphatic heterocycles. The monoisotopic (exact) mass is 266 g/mol. The number of hydrogen-bond acceptors (Lipinski definition) is 3. The number of nitrogens with zero attached hydrogens (tertiary/aromatic N) is 1. The van der Waals surface area contributed by atoms with E-state index >= 15 is 0 Å². The van der Waals surface area contributed by atoms with Crippen LogP contribution in [0.5, 0.6) is 0 Å². The first kappa shape index (κ1) is 11.9. The van der Waals surface area contributed by atoms with Gasteiger partial charge in [-0.05, 0) is 30.8 Å². The van der Waals surface area contributed by atoms with Crippen LogP contribution in [0.3, 0.4) is 0 Å². The number of carboxylic acid groups (broad SMARTS) is 1. The molecule has 0 bridgehead atoms. The Kier molecular flexibility index (Phi) is 2.99. The van der Waals surface area contributed by atoms with Crippen molar-refractivity contribution in [3.05, 3.63) is 22.4 Å². The number of allylic oxidation sites excluding steroid dienone is 1. The molecule has 0 aromatic heterocycles. The average molecular weight is 267 g/mol. The molecule has 0 aromatic carbocycles. The Hall–Kier alpha value is -1.13. The number of carbonyl (C=O) groups is 1. The molecule has 96 valence electrons. The van der Waals surface area contributed by atoms with E-state index in [4.69, 9.17) is 11.6 Å². The maximum absolute atomic E-state index is 11.2. The van der Waals surface area contributed by atoms with Crippen LogP contribution in [0.4, 0.5) is 0 Å². The summed E-state index contributed by atoms with van der Waals surface area (Å²) in [5.74, 6) is -0.379. The zero-order valence-electron chi connectivity index (χ0n) is 9.90. The van der Waals surface area contributed by atoms with Gasteiger partial charge in [0.2, 0.25) is 0 Å². The molecule has 2 unspecified atom stereocenters. The van der Waals surface area contributed by atoms with Crippen LogP contribution in [0.25, 0.3) is 0 Å². The molecular weight excluding hydrogens is 252 g/mol. The summed E-state index contributed by atoms with van der Waals surface area (Å²) in [7, 11) is 0. The minimum atomic E-state index is -0.766. The molecule has 2 N–H and O–H groups in total. The minimum Gasteiger partial charge on any atom is -0.480 e. The first-order valence-electron chi connectivity index (χ1n) is 6.28. The highest BCUT2D eigenvalue weighted by atomic mass is 35.5. The van der Waals surface area contributed by atoms with Gasteiger partial charge in [-0.25, -0.2) is 0 Å². The Morgan fingerprint density at radius 3 is 3.11 bits per heavy atom. The van der Waals surface area contributed by atoms with E-state index in [2.05, 4.69) is 10.3 Å². The Morgan fingerprint density at radius 1 is 1.50 bits per heavy atom. The summed E-state index contributed by atoms with van der Waals surface area (Å²) in [5.41, 5.74) is 2.04. The molecular formula is C13H15ClN2O2. The molecule has 0 radical (unpaired) electrons. The van der Waals surface area contributed by atoms with Crippen molar-refractivity contribution in [3.63, 3.8) is 0 Å². The fourth-order valence-corrected chi connectivity index (χ4v) is 3.45. The van der Waals surface area contributed by atoms with E-state index in [-0.39, 0.29) is 6.04 Å². The molecule has 1 aliphatic carbocycles. The third kappa shape index (κ3) is 1.89. The summed E-state index contributed by atoms with van der Waals surface area (Å²) < 4.78 is 0. The Labute approximate surface area is 110 Å². The predicted molar refractivity (Wildman–Crippen MR) is 69.8 cm³/mol. The number of rotatable bonds is 1. The Balaban J connectivity index is 1.92. The molecule has 0 saturated carbocycles. The van der Waals surface area contributed by atoms with Gasteiger partial charge in [-0.15, -0.1) is 0 Å². The smallest absolute Gasteiger partial charge is 0.320 e. The van der Waals surface area contributed by atoms with Gasteiger partial charge in [0.05, 0.1) is 0 Å². The highest BCUT2D eigenvalue weighted by molar-refractivity contribution is 6.32. The summed E-state index contributed by atoms with van der Waals surface area (Å²) >= 11 is 6.29. The molecule has 18 heavy (non-hydrogen) atoms. The molecule has 3 aliphatic rings. The quantitative estimate of drug-likeness (QED) is 0.764. The maximum Gasteiger partial charge on any atom is 0.320 e. The third-order valence-electron chi connectivity index (χ3n) is 4.01. The number of hydrogen-bond donors (Lipinski definition) is 2. The summed E-state index contributed by atoms with van der Waals surface area (Å²) in [6.07, 6.45) is 7.04. The van der Waals surface area contributed by atoms with Crippen molar-refractivity contribution in [2.75, 3.05) is 0 Å². The van der Waals surface area contributed by atoms with Crippen molar-refractivity contribution in [1.82, 2.24) is 5.32 Å². The zero-order chi connectivity index (χ0) is 12.7. The number of aliphatic imine (C=N–C) groups is 1. The molecule has 3 atom stereocenters. The van der Waals surface area contributed by atoms with E-state index in [0.717, 1.165) is 35.4 Å². The van der Waals surface area contributed by atoms with Crippen molar-refractivity contribution in [3.8, 4) is 0 Å². The lowest BCUT2D eigenvalue weighted by atomic mass is 9.80. The van der Waals surface area contributed by atoms with Crippen molar-refractivity contribution >= 4 is 23.8 Å². The SMILES string of the molecule is O=C(O)[C@@H]1CCCC2CC(Cl)=C3C=NC=C3C2N1. The van der Waals surface area contributed by atoms with Crippen LogP contribution < -0.4 is 5.32 Å². The number of aliphatic carboxylic acids is 1. The van der Waals surface area contributed by atoms with Crippen LogP contribution in [0.15, 0.2) is 27.4 Å². The summed E-state index contributed by atoms with van der Waals surface area (Å²) in [6.45, 7) is 0. The first-order chi connectivity index (χ1) is 8.66. The standard InChI is InChI=1S/C13H15ClN2O2/c14-10-4-7-2-1-3-11(13(17)18)16-12(7)9-6-15-5-8(9)10/h5-7,11-12,16H,1-4H2,(H,17,18)/t7?,11-,12?/m0/s1. The summed E-state index contributed by atoms with van der Waals surface area (Å²) in [5, 5.41) is 13.3. The van der Waals surface area contributed by atoms with E-state index in [1.54, 1.807) is 6.21 Å². The Bertz CT molecular complexity index is 481. The highest BCUT2D eigenvalue weighted by Gasteiger charge is 2.38. The van der Waals surface area contributed by atoms with Gasteiger partial charge in [-0.2, -0.15) is 0 Å². The van der Waals surface area contributed by atoms with Gasteiger partial charge in [0, 0.05) is 29.1 Å². The normalized spacial score (nSPS) is 34.7. The largest absolute Gasteiger partial charge is 0.480 e. The van der Waals surface area contributed by atoms with Gasteiger partial charge in [0.25, 0.3) is 0 Å². The minimum absolute atomic E-state index is 0.0774. The average Bonchev–Trinajstić information content (AvgIpc) is 2.72. The second-order valence-electron chi connectivity index (χ2n) is 5.11. The van der Waals surface area contributed by atoms with E-state index in [0.29, 0.717) is 12.3 Å². The van der Waals surface area contributed by atoms with Crippen LogP contribution in [0.2, 0.25) is 0 Å². The third-order valence-corrected chi connectivity index (χ3v) is 4.37. The van der Waals surface area contributed by atoms with Crippen LogP contribution >= 0.6 is 11.6 Å². The number of carboxylic acids is 1. The molecule has 1 fully saturated rings. The number of halogens is 1. The summed E-state index contributed by atoms with van der Waals surface area (Å²) in [4.78, 5) is 15.3. The lowest BCUT2D eigenvalue weighted by Crippen LogP contribution is -2.47. The lowest BCUT2D eigenvalue weighted by Gasteiger charge is -2.33. The molecule has 3 rings (SSSR count). The Morgan fingerprint density at radius 2 is 2.33 bits per heavy atom. The van der Waals surface area contributed by atoms with E-state index in [9.17, 15) is 9.90 Å². The van der Waals surface area contributed by atoms with Gasteiger partial charge < -0.3 is 5.11 Å². The first-order valence-corrected chi connectivity index (χ1v) is 6.65. The van der Waals surface area contributed by atoms with Crippen molar-refractivity contribution < 1.29 is 9.90 Å². The molecule has 5 heteroatoms. The highest BCUT2D eigenvalue weighted by Crippen LogP contribution is 2.40. The lowest BCUT2D eigenvalue weighted by molar-refractivity contribution is -0.139. The topological polar surface area (TPSA) is 61.7 Å². The molecule has 1 saturated heterocycles. The predicted octanol–water partition coefficient (Wildman–Crippen LogP) is 2.06. The zero-order valence-corrected chi connectivity index (χ0v) is 10.7. The second kappa shape index (κ2) is 4.52. The second-order valence-corrected chi connectivity index (χ2v) is 5.57. The van der Waals surface area contributed by atoms with Gasteiger partial charge in [0.15, 0.2) is 0 Å². The van der Waals surface area contributed by atoms with Gasteiger partial charge in [-0.1, -0.05) is 18.0 Å². The van der Waals surface area contributed by atoms with Crippen LogP contribution in [0.1, 0.15) is 25.7 Å². The number of fused-ring (bicyclic) bond motifs is 3. The molecule has 0 spiro atoms. The van der Waals surface area contributed by atoms with Crippen LogP contribution in [-0.4, -0.2) is 29.4 Å². The van der Waals surface area contributed by atoms with Gasteiger partial charge in [0.1, 0.15) is 6.04 Å². The van der Waals surface area contributed by atoms with Crippen molar-refractivity contribution in [1.29, 1.82) is 0 Å². The number of nitrogens with one attached hydrogen (secondary N) is 1. The molecule has 0 amide bonds. The molecule has 0 aromatic rings. The van der Waals surface area contributed by atoms with Crippen LogP contribution in [-0.2, 0) is 4.79 Å². The molecule has 2 heterocycles. The summed E-state index contributed by atoms with van der Waals surface area (Å²) in [6, 6.07) is -0.381. The van der Waals surface area contributed by atoms with Crippen LogP contribution in [0, 0.1) is 5.92 Å². The van der Waals surface area contributed by atoms with Gasteiger partial charge in [-0.3, -0.25) is 15.1 Å². The van der Waals surface area contributed by atoms with E-state index < -0.39 is 12.0 Å². The van der Waals surface area contributed by atoms with Crippen molar-refractivity contribution in [2.24, 2.45) is 10.9 Å². The fraction of sp³-hybridized carbons (Fsp3) is 0.538. The van der Waals surface area contributed by atoms with Crippen molar-refractivity contribution in [2.45, 2.75) is 37.8 Å². The molecule has 4 nitrogen and oxygen atoms in total. The fourth-order valence-electron chi connectivity index (χ4n) is 3.10. The van der Waals surface area contributed by atoms with E-state index in [1.807, 2.05) is 6.20 Å². The van der Waals surface area contributed by atoms with E-state index in [1.165, 1.54) is 0 Å².